The largest absolute Gasteiger partial charge is 0.494 e. The fraction of sp³-hybridized carbons (Fsp3) is 0.500. The van der Waals surface area contributed by atoms with Gasteiger partial charge in [0.15, 0.2) is 0 Å². The summed E-state index contributed by atoms with van der Waals surface area (Å²) in [4.78, 5) is 11.5. The lowest BCUT2D eigenvalue weighted by Crippen LogP contribution is -2.09. The minimum atomic E-state index is 0.262. The molecule has 1 aromatic rings. The quantitative estimate of drug-likeness (QED) is 0.776. The van der Waals surface area contributed by atoms with Crippen molar-refractivity contribution in [1.29, 1.82) is 0 Å². The first-order valence-corrected chi connectivity index (χ1v) is 6.04. The van der Waals surface area contributed by atoms with Crippen LogP contribution in [0, 0.1) is 5.92 Å². The molecule has 0 bridgehead atoms. The maximum Gasteiger partial charge on any atom is 0.136 e. The van der Waals surface area contributed by atoms with Crippen molar-refractivity contribution >= 4 is 5.78 Å². The summed E-state index contributed by atoms with van der Waals surface area (Å²) in [6.07, 6.45) is 3.81. The number of hydrogen-bond donors (Lipinski definition) is 0. The van der Waals surface area contributed by atoms with Crippen LogP contribution in [-0.2, 0) is 11.2 Å². The van der Waals surface area contributed by atoms with Gasteiger partial charge in [-0.1, -0.05) is 12.1 Å². The smallest absolute Gasteiger partial charge is 0.136 e. The van der Waals surface area contributed by atoms with Gasteiger partial charge in [0.05, 0.1) is 6.61 Å². The van der Waals surface area contributed by atoms with Gasteiger partial charge in [-0.2, -0.15) is 0 Å². The fourth-order valence-electron chi connectivity index (χ4n) is 2.28. The summed E-state index contributed by atoms with van der Waals surface area (Å²) < 4.78 is 5.39. The topological polar surface area (TPSA) is 26.3 Å². The number of ketones is 1. The zero-order valence-electron chi connectivity index (χ0n) is 9.74. The Balaban J connectivity index is 1.96. The zero-order chi connectivity index (χ0) is 11.4. The van der Waals surface area contributed by atoms with Crippen molar-refractivity contribution in [2.24, 2.45) is 5.92 Å². The van der Waals surface area contributed by atoms with E-state index in [2.05, 4.69) is 12.1 Å². The first kappa shape index (κ1) is 11.2. The molecule has 1 aliphatic carbocycles. The number of carbonyl (C=O) groups excluding carboxylic acids is 1. The molecule has 2 rings (SSSR count). The highest BCUT2D eigenvalue weighted by atomic mass is 16.5. The van der Waals surface area contributed by atoms with Crippen LogP contribution in [0.2, 0.25) is 0 Å². The highest BCUT2D eigenvalue weighted by Gasteiger charge is 2.24. The van der Waals surface area contributed by atoms with Crippen LogP contribution >= 0.6 is 0 Å². The van der Waals surface area contributed by atoms with Gasteiger partial charge in [-0.15, -0.1) is 0 Å². The molecule has 1 atom stereocenters. The Morgan fingerprint density at radius 1 is 1.31 bits per heavy atom. The average Bonchev–Trinajstić information content (AvgIpc) is 2.68. The third kappa shape index (κ3) is 2.63. The van der Waals surface area contributed by atoms with Crippen LogP contribution in [0.4, 0.5) is 0 Å². The first-order chi connectivity index (χ1) is 7.79. The summed E-state index contributed by atoms with van der Waals surface area (Å²) in [7, 11) is 0. The highest BCUT2D eigenvalue weighted by Crippen LogP contribution is 2.25. The lowest BCUT2D eigenvalue weighted by atomic mass is 9.97. The van der Waals surface area contributed by atoms with Gasteiger partial charge < -0.3 is 4.74 Å². The Hall–Kier alpha value is -1.31. The molecule has 0 N–H and O–H groups in total. The van der Waals surface area contributed by atoms with Crippen LogP contribution in [0.1, 0.15) is 31.7 Å². The second-order valence-corrected chi connectivity index (χ2v) is 4.34. The summed E-state index contributed by atoms with van der Waals surface area (Å²) in [6.45, 7) is 2.67. The van der Waals surface area contributed by atoms with Crippen LogP contribution < -0.4 is 4.74 Å². The minimum Gasteiger partial charge on any atom is -0.494 e. The van der Waals surface area contributed by atoms with Crippen molar-refractivity contribution < 1.29 is 9.53 Å². The molecule has 1 saturated carbocycles. The average molecular weight is 218 g/mol. The molecule has 1 aromatic carbocycles. The monoisotopic (exact) mass is 218 g/mol. The number of ether oxygens (including phenoxy) is 1. The van der Waals surface area contributed by atoms with E-state index in [-0.39, 0.29) is 5.92 Å². The number of carbonyl (C=O) groups is 1. The Bertz CT molecular complexity index is 354. The normalized spacial score (nSPS) is 20.1. The van der Waals surface area contributed by atoms with E-state index in [4.69, 9.17) is 4.74 Å². The maximum absolute atomic E-state index is 11.5. The van der Waals surface area contributed by atoms with E-state index in [0.29, 0.717) is 12.4 Å². The van der Waals surface area contributed by atoms with Crippen LogP contribution in [0.5, 0.6) is 5.75 Å². The lowest BCUT2D eigenvalue weighted by molar-refractivity contribution is -0.120. The van der Waals surface area contributed by atoms with Crippen molar-refractivity contribution in [3.63, 3.8) is 0 Å². The molecule has 1 aliphatic rings. The van der Waals surface area contributed by atoms with Gasteiger partial charge in [0.25, 0.3) is 0 Å². The zero-order valence-corrected chi connectivity index (χ0v) is 9.74. The van der Waals surface area contributed by atoms with Crippen molar-refractivity contribution in [3.05, 3.63) is 29.8 Å². The standard InChI is InChI=1S/C14H18O2/c1-2-16-13-8-6-11(7-9-13)10-12-4-3-5-14(12)15/h6-9,12H,2-5,10H2,1H3. The van der Waals surface area contributed by atoms with Crippen LogP contribution in [0.25, 0.3) is 0 Å². The van der Waals surface area contributed by atoms with E-state index in [0.717, 1.165) is 31.4 Å². The SMILES string of the molecule is CCOc1ccc(CC2CCCC2=O)cc1. The molecule has 1 unspecified atom stereocenters. The second-order valence-electron chi connectivity index (χ2n) is 4.34. The molecule has 0 spiro atoms. The Morgan fingerprint density at radius 2 is 2.06 bits per heavy atom. The van der Waals surface area contributed by atoms with Gasteiger partial charge in [0, 0.05) is 12.3 Å². The van der Waals surface area contributed by atoms with Crippen molar-refractivity contribution in [2.45, 2.75) is 32.6 Å². The molecule has 0 radical (unpaired) electrons. The van der Waals surface area contributed by atoms with Crippen LogP contribution in [0.15, 0.2) is 24.3 Å². The molecule has 0 aromatic heterocycles. The fourth-order valence-corrected chi connectivity index (χ4v) is 2.28. The van der Waals surface area contributed by atoms with E-state index < -0.39 is 0 Å². The predicted octanol–water partition coefficient (Wildman–Crippen LogP) is 3.00. The Kier molecular flexibility index (Phi) is 3.60. The van der Waals surface area contributed by atoms with E-state index >= 15 is 0 Å². The molecule has 16 heavy (non-hydrogen) atoms. The molecule has 0 amide bonds. The molecule has 0 aliphatic heterocycles. The van der Waals surface area contributed by atoms with Crippen LogP contribution in [-0.4, -0.2) is 12.4 Å². The minimum absolute atomic E-state index is 0.262. The van der Waals surface area contributed by atoms with Crippen LogP contribution in [0.3, 0.4) is 0 Å². The Morgan fingerprint density at radius 3 is 2.62 bits per heavy atom. The number of rotatable bonds is 4. The molecular weight excluding hydrogens is 200 g/mol. The van der Waals surface area contributed by atoms with E-state index in [1.54, 1.807) is 0 Å². The molecule has 0 heterocycles. The maximum atomic E-state index is 11.5. The van der Waals surface area contributed by atoms with Gasteiger partial charge in [-0.3, -0.25) is 4.79 Å². The molecule has 0 saturated heterocycles. The second kappa shape index (κ2) is 5.15. The van der Waals surface area contributed by atoms with Gasteiger partial charge in [-0.05, 0) is 43.9 Å². The van der Waals surface area contributed by atoms with Crippen molar-refractivity contribution in [3.8, 4) is 5.75 Å². The van der Waals surface area contributed by atoms with E-state index in [1.165, 1.54) is 5.56 Å². The summed E-state index contributed by atoms with van der Waals surface area (Å²) in [5.74, 6) is 1.61. The number of hydrogen-bond acceptors (Lipinski definition) is 2. The van der Waals surface area contributed by atoms with Crippen molar-refractivity contribution in [1.82, 2.24) is 0 Å². The van der Waals surface area contributed by atoms with Gasteiger partial charge in [0.1, 0.15) is 11.5 Å². The van der Waals surface area contributed by atoms with Crippen molar-refractivity contribution in [2.75, 3.05) is 6.61 Å². The number of Topliss-reactive ketones (excluding diaryl/α,β-unsaturated/α-hetero) is 1. The predicted molar refractivity (Wildman–Crippen MR) is 63.7 cm³/mol. The molecule has 2 heteroatoms. The summed E-state index contributed by atoms with van der Waals surface area (Å²) in [5.41, 5.74) is 1.24. The van der Waals surface area contributed by atoms with Gasteiger partial charge in [-0.25, -0.2) is 0 Å². The van der Waals surface area contributed by atoms with E-state index in [9.17, 15) is 4.79 Å². The highest BCUT2D eigenvalue weighted by molar-refractivity contribution is 5.83. The number of benzene rings is 1. The Labute approximate surface area is 96.6 Å². The third-order valence-corrected chi connectivity index (χ3v) is 3.15. The van der Waals surface area contributed by atoms with Gasteiger partial charge in [0.2, 0.25) is 0 Å². The molecular formula is C14H18O2. The van der Waals surface area contributed by atoms with E-state index in [1.807, 2.05) is 19.1 Å². The summed E-state index contributed by atoms with van der Waals surface area (Å²) >= 11 is 0. The van der Waals surface area contributed by atoms with Gasteiger partial charge >= 0.3 is 0 Å². The lowest BCUT2D eigenvalue weighted by Gasteiger charge is -2.08. The molecule has 1 fully saturated rings. The first-order valence-electron chi connectivity index (χ1n) is 6.04. The third-order valence-electron chi connectivity index (χ3n) is 3.15. The molecule has 86 valence electrons. The molecule has 2 nitrogen and oxygen atoms in total. The summed E-state index contributed by atoms with van der Waals surface area (Å²) in [6, 6.07) is 8.10. The summed E-state index contributed by atoms with van der Waals surface area (Å²) in [5, 5.41) is 0.